The molecule has 4 bridgehead atoms. The van der Waals surface area contributed by atoms with Crippen LogP contribution in [0.1, 0.15) is 60.5 Å². The number of carbonyl (C=O) groups is 1. The van der Waals surface area contributed by atoms with Crippen molar-refractivity contribution in [2.24, 2.45) is 10.7 Å². The molecule has 11 heteroatoms. The number of halogens is 2. The van der Waals surface area contributed by atoms with Crippen molar-refractivity contribution in [3.8, 4) is 11.5 Å². The van der Waals surface area contributed by atoms with Gasteiger partial charge in [0.2, 0.25) is 0 Å². The number of H-pyrrole nitrogens is 1. The first kappa shape index (κ1) is 32.6. The second-order valence-corrected chi connectivity index (χ2v) is 12.5. The van der Waals surface area contributed by atoms with E-state index in [-0.39, 0.29) is 29.2 Å². The van der Waals surface area contributed by atoms with Crippen molar-refractivity contribution in [1.82, 2.24) is 14.8 Å². The number of aliphatic imine (C=N–C) groups is 1. The highest BCUT2D eigenvalue weighted by Gasteiger charge is 2.24. The average Bonchev–Trinajstić information content (AvgIpc) is 3.70. The van der Waals surface area contributed by atoms with Gasteiger partial charge >= 0.3 is 5.97 Å². The monoisotopic (exact) mass is 653 g/mol. The number of aliphatic carboxylic acids is 1. The maximum Gasteiger partial charge on any atom is 0.303 e. The molecular weight excluding hydrogens is 616 g/mol. The predicted molar refractivity (Wildman–Crippen MR) is 179 cm³/mol. The first-order chi connectivity index (χ1) is 23.1. The van der Waals surface area contributed by atoms with Crippen molar-refractivity contribution in [1.29, 1.82) is 0 Å². The Balaban J connectivity index is 1.48. The van der Waals surface area contributed by atoms with Gasteiger partial charge in [0, 0.05) is 59.9 Å². The van der Waals surface area contributed by atoms with Crippen LogP contribution >= 0.6 is 0 Å². The molecule has 3 aromatic carbocycles. The Morgan fingerprint density at radius 3 is 2.83 bits per heavy atom. The molecule has 248 valence electrons. The molecule has 1 aliphatic rings. The summed E-state index contributed by atoms with van der Waals surface area (Å²) in [5, 5.41) is 14.6. The first-order valence-electron chi connectivity index (χ1n) is 15.8. The van der Waals surface area contributed by atoms with Gasteiger partial charge in [-0.25, -0.2) is 8.78 Å². The van der Waals surface area contributed by atoms with Crippen molar-refractivity contribution in [2.75, 3.05) is 6.61 Å². The number of carboxylic acid groups (broad SMARTS) is 1. The van der Waals surface area contributed by atoms with Gasteiger partial charge in [-0.3, -0.25) is 14.5 Å². The zero-order valence-corrected chi connectivity index (χ0v) is 26.7. The van der Waals surface area contributed by atoms with E-state index in [2.05, 4.69) is 10.1 Å². The number of aromatic amines is 1. The van der Waals surface area contributed by atoms with Crippen LogP contribution in [-0.2, 0) is 28.9 Å². The van der Waals surface area contributed by atoms with Gasteiger partial charge in [0.05, 0.1) is 30.1 Å². The topological polar surface area (TPSA) is 128 Å². The third-order valence-electron chi connectivity index (χ3n) is 8.31. The molecule has 4 N–H and O–H groups in total. The Morgan fingerprint density at radius 2 is 2.02 bits per heavy atom. The molecule has 0 amide bonds. The van der Waals surface area contributed by atoms with E-state index in [0.717, 1.165) is 22.1 Å². The molecule has 1 atom stereocenters. The van der Waals surface area contributed by atoms with Crippen LogP contribution < -0.4 is 10.5 Å². The Morgan fingerprint density at radius 1 is 1.17 bits per heavy atom. The summed E-state index contributed by atoms with van der Waals surface area (Å²) in [4.78, 5) is 19.3. The highest BCUT2D eigenvalue weighted by atomic mass is 19.1. The number of hydrogen-bond acceptors (Lipinski definition) is 6. The van der Waals surface area contributed by atoms with Crippen LogP contribution in [0.15, 0.2) is 90.5 Å². The molecule has 3 heterocycles. The number of nitrogens with zero attached hydrogens (tertiary/aromatic N) is 3. The van der Waals surface area contributed by atoms with Crippen molar-refractivity contribution in [3.63, 3.8) is 0 Å². The number of allylic oxidation sites excluding steroid dienone is 1. The number of ether oxygens (including phenoxy) is 2. The number of nitrogens with one attached hydrogen (secondary N) is 1. The fourth-order valence-corrected chi connectivity index (χ4v) is 6.04. The minimum absolute atomic E-state index is 0.0116. The highest BCUT2D eigenvalue weighted by Crippen LogP contribution is 2.37. The number of nitrogens with two attached hydrogens (primary N) is 1. The Kier molecular flexibility index (Phi) is 9.40. The molecule has 0 spiro atoms. The fraction of sp³-hybridized carbons (Fsp3) is 0.270. The fourth-order valence-electron chi connectivity index (χ4n) is 6.04. The largest absolute Gasteiger partial charge is 0.481 e. The second-order valence-electron chi connectivity index (χ2n) is 12.5. The molecule has 48 heavy (non-hydrogen) atoms. The van der Waals surface area contributed by atoms with Gasteiger partial charge < -0.3 is 25.3 Å². The van der Waals surface area contributed by atoms with E-state index in [4.69, 9.17) is 20.2 Å². The van der Waals surface area contributed by atoms with Gasteiger partial charge in [-0.15, -0.1) is 0 Å². The van der Waals surface area contributed by atoms with Crippen LogP contribution in [0.5, 0.6) is 11.5 Å². The third-order valence-corrected chi connectivity index (χ3v) is 8.31. The maximum atomic E-state index is 15.7. The molecule has 9 nitrogen and oxygen atoms in total. The predicted octanol–water partition coefficient (Wildman–Crippen LogP) is 7.24. The highest BCUT2D eigenvalue weighted by molar-refractivity contribution is 6.09. The Bertz CT molecular complexity index is 2010. The zero-order chi connectivity index (χ0) is 33.8. The summed E-state index contributed by atoms with van der Waals surface area (Å²) in [5.74, 6) is -1.77. The van der Waals surface area contributed by atoms with Crippen LogP contribution in [0, 0.1) is 11.6 Å². The summed E-state index contributed by atoms with van der Waals surface area (Å²) in [7, 11) is 0. The van der Waals surface area contributed by atoms with Gasteiger partial charge in [-0.1, -0.05) is 24.3 Å². The SMILES string of the molecule is CC1(C)Cn2cc(cn2)Cc2c(c(F)cc3[nH]ccc23)Oc2ccc(F)c(c2)C(/C=C\N)=NC(c2cccc(CCC(=O)O)c2)CCO1. The summed E-state index contributed by atoms with van der Waals surface area (Å²) < 4.78 is 45.8. The van der Waals surface area contributed by atoms with Crippen molar-refractivity contribution in [2.45, 2.75) is 57.7 Å². The smallest absolute Gasteiger partial charge is 0.303 e. The Labute approximate surface area is 276 Å². The van der Waals surface area contributed by atoms with E-state index in [0.29, 0.717) is 43.5 Å². The molecular formula is C37H37F2N5O4. The molecule has 5 aromatic rings. The minimum atomic E-state index is -0.887. The molecule has 0 saturated heterocycles. The van der Waals surface area contributed by atoms with E-state index >= 15 is 8.78 Å². The third kappa shape index (κ3) is 7.47. The van der Waals surface area contributed by atoms with Crippen molar-refractivity contribution in [3.05, 3.63) is 125 Å². The molecule has 1 aliphatic heterocycles. The molecule has 2 aromatic heterocycles. The summed E-state index contributed by atoms with van der Waals surface area (Å²) >= 11 is 0. The quantitative estimate of drug-likeness (QED) is 0.183. The van der Waals surface area contributed by atoms with Gasteiger partial charge in [-0.2, -0.15) is 5.10 Å². The normalized spacial score (nSPS) is 16.9. The lowest BCUT2D eigenvalue weighted by Gasteiger charge is -2.26. The van der Waals surface area contributed by atoms with Gasteiger partial charge in [0.1, 0.15) is 11.6 Å². The molecule has 6 rings (SSSR count). The number of hydrogen-bond donors (Lipinski definition) is 3. The summed E-state index contributed by atoms with van der Waals surface area (Å²) in [6.45, 7) is 4.72. The summed E-state index contributed by atoms with van der Waals surface area (Å²) in [6.07, 6.45) is 9.32. The average molecular weight is 654 g/mol. The number of benzene rings is 3. The van der Waals surface area contributed by atoms with Crippen LogP contribution in [0.2, 0.25) is 0 Å². The van der Waals surface area contributed by atoms with Gasteiger partial charge in [0.25, 0.3) is 0 Å². The molecule has 0 saturated carbocycles. The van der Waals surface area contributed by atoms with Crippen molar-refractivity contribution >= 4 is 22.6 Å². The number of aryl methyl sites for hydroxylation is 1. The maximum absolute atomic E-state index is 15.7. The lowest BCUT2D eigenvalue weighted by molar-refractivity contribution is -0.136. The second kappa shape index (κ2) is 13.8. The standard InChI is InChI=1S/C37H37F2N5O4/c1-37(2)22-44-21-24(20-42-44)17-28-27-11-14-41-34(27)19-31(39)36(28)48-26-7-8-30(38)29(18-26)33(10-13-40)43-32(12-15-47-37)25-5-3-4-23(16-25)6-9-35(45)46/h3-5,7-8,10-11,13-14,16,18-21,32,41H,6,9,12,15,17,22,40H2,1-2H3,(H,45,46)/b13-10-,43-33?. The van der Waals surface area contributed by atoms with Crippen LogP contribution in [0.3, 0.4) is 0 Å². The zero-order valence-electron chi connectivity index (χ0n) is 26.7. The van der Waals surface area contributed by atoms with E-state index < -0.39 is 29.2 Å². The summed E-state index contributed by atoms with van der Waals surface area (Å²) in [6, 6.07) is 14.5. The molecule has 0 radical (unpaired) electrons. The number of fused-ring (bicyclic) bond motifs is 7. The van der Waals surface area contributed by atoms with E-state index in [1.165, 1.54) is 36.5 Å². The molecule has 1 unspecified atom stereocenters. The molecule has 0 aliphatic carbocycles. The van der Waals surface area contributed by atoms with E-state index in [9.17, 15) is 9.90 Å². The van der Waals surface area contributed by atoms with E-state index in [1.807, 2.05) is 55.1 Å². The van der Waals surface area contributed by atoms with Crippen LogP contribution in [0.4, 0.5) is 8.78 Å². The van der Waals surface area contributed by atoms with Crippen LogP contribution in [0.25, 0.3) is 10.9 Å². The van der Waals surface area contributed by atoms with Gasteiger partial charge in [-0.05, 0) is 79.9 Å². The van der Waals surface area contributed by atoms with E-state index in [1.54, 1.807) is 12.4 Å². The first-order valence-corrected chi connectivity index (χ1v) is 15.8. The van der Waals surface area contributed by atoms with Crippen molar-refractivity contribution < 1.29 is 28.2 Å². The minimum Gasteiger partial charge on any atom is -0.481 e. The number of carboxylic acids is 1. The van der Waals surface area contributed by atoms with Gasteiger partial charge in [0.15, 0.2) is 11.6 Å². The number of aromatic nitrogens is 3. The summed E-state index contributed by atoms with van der Waals surface area (Å²) in [5.41, 5.74) is 9.36. The van der Waals surface area contributed by atoms with Crippen LogP contribution in [-0.4, -0.2) is 43.8 Å². The number of rotatable bonds is 5. The lowest BCUT2D eigenvalue weighted by atomic mass is 9.99. The lowest BCUT2D eigenvalue weighted by Crippen LogP contribution is -2.31. The Hall–Kier alpha value is -5.29. The molecule has 0 fully saturated rings.